The standard InChI is InChI=1S/C17H24N2O/c18-11-14-7-4-8-16(14)17(20)19(15-9-10-15)12-13-5-2-1-3-6-13/h1-3,5-6,14-16H,4,7-12,18H2/t14-,16-/m1/s1. The molecule has 3 rings (SSSR count). The summed E-state index contributed by atoms with van der Waals surface area (Å²) in [5, 5.41) is 0. The molecule has 0 spiro atoms. The summed E-state index contributed by atoms with van der Waals surface area (Å²) >= 11 is 0. The van der Waals surface area contributed by atoms with Gasteiger partial charge in [0, 0.05) is 18.5 Å². The Kier molecular flexibility index (Phi) is 4.06. The number of nitrogens with zero attached hydrogens (tertiary/aromatic N) is 1. The number of carbonyl (C=O) groups is 1. The van der Waals surface area contributed by atoms with Crippen LogP contribution in [-0.4, -0.2) is 23.4 Å². The molecule has 3 heteroatoms. The third kappa shape index (κ3) is 2.88. The number of rotatable bonds is 5. The summed E-state index contributed by atoms with van der Waals surface area (Å²) in [6.45, 7) is 1.42. The van der Waals surface area contributed by atoms with Crippen LogP contribution in [0.15, 0.2) is 30.3 Å². The fourth-order valence-corrected chi connectivity index (χ4v) is 3.41. The van der Waals surface area contributed by atoms with Crippen molar-refractivity contribution in [2.24, 2.45) is 17.6 Å². The van der Waals surface area contributed by atoms with Gasteiger partial charge in [-0.2, -0.15) is 0 Å². The molecule has 108 valence electrons. The van der Waals surface area contributed by atoms with E-state index in [1.807, 2.05) is 18.2 Å². The second-order valence-electron chi connectivity index (χ2n) is 6.22. The molecule has 1 aromatic carbocycles. The van der Waals surface area contributed by atoms with Crippen molar-refractivity contribution in [3.05, 3.63) is 35.9 Å². The Hall–Kier alpha value is -1.35. The van der Waals surface area contributed by atoms with Gasteiger partial charge in [0.1, 0.15) is 0 Å². The second-order valence-corrected chi connectivity index (χ2v) is 6.22. The minimum Gasteiger partial charge on any atom is -0.335 e. The van der Waals surface area contributed by atoms with E-state index in [-0.39, 0.29) is 5.92 Å². The molecular formula is C17H24N2O. The highest BCUT2D eigenvalue weighted by Gasteiger charge is 2.39. The minimum atomic E-state index is 0.171. The molecule has 2 aliphatic carbocycles. The fourth-order valence-electron chi connectivity index (χ4n) is 3.41. The molecule has 2 fully saturated rings. The van der Waals surface area contributed by atoms with Crippen molar-refractivity contribution in [2.45, 2.75) is 44.7 Å². The van der Waals surface area contributed by atoms with Crippen molar-refractivity contribution in [2.75, 3.05) is 6.54 Å². The van der Waals surface area contributed by atoms with Gasteiger partial charge < -0.3 is 10.6 Å². The number of carbonyl (C=O) groups excluding carboxylic acids is 1. The van der Waals surface area contributed by atoms with Gasteiger partial charge in [0.2, 0.25) is 5.91 Å². The SMILES string of the molecule is NC[C@H]1CCC[C@H]1C(=O)N(Cc1ccccc1)C1CC1. The van der Waals surface area contributed by atoms with Gasteiger partial charge >= 0.3 is 0 Å². The number of benzene rings is 1. The van der Waals surface area contributed by atoms with Crippen LogP contribution in [0.1, 0.15) is 37.7 Å². The van der Waals surface area contributed by atoms with Gasteiger partial charge in [-0.15, -0.1) is 0 Å². The monoisotopic (exact) mass is 272 g/mol. The van der Waals surface area contributed by atoms with Crippen molar-refractivity contribution in [3.63, 3.8) is 0 Å². The van der Waals surface area contributed by atoms with Crippen molar-refractivity contribution in [3.8, 4) is 0 Å². The first kappa shape index (κ1) is 13.6. The van der Waals surface area contributed by atoms with E-state index >= 15 is 0 Å². The molecule has 1 amide bonds. The van der Waals surface area contributed by atoms with Gasteiger partial charge in [-0.05, 0) is 43.7 Å². The molecule has 2 atom stereocenters. The van der Waals surface area contributed by atoms with Crippen molar-refractivity contribution >= 4 is 5.91 Å². The van der Waals surface area contributed by atoms with Crippen LogP contribution < -0.4 is 5.73 Å². The van der Waals surface area contributed by atoms with Gasteiger partial charge in [-0.3, -0.25) is 4.79 Å². The molecule has 20 heavy (non-hydrogen) atoms. The van der Waals surface area contributed by atoms with Crippen LogP contribution in [0, 0.1) is 11.8 Å². The third-order valence-electron chi connectivity index (χ3n) is 4.75. The Labute approximate surface area is 121 Å². The lowest BCUT2D eigenvalue weighted by Crippen LogP contribution is -2.40. The van der Waals surface area contributed by atoms with E-state index in [1.54, 1.807) is 0 Å². The van der Waals surface area contributed by atoms with Gasteiger partial charge in [0.15, 0.2) is 0 Å². The number of hydrogen-bond donors (Lipinski definition) is 1. The van der Waals surface area contributed by atoms with E-state index in [0.29, 0.717) is 24.4 Å². The van der Waals surface area contributed by atoms with Crippen LogP contribution in [0.2, 0.25) is 0 Å². The summed E-state index contributed by atoms with van der Waals surface area (Å²) in [4.78, 5) is 15.0. The van der Waals surface area contributed by atoms with Crippen molar-refractivity contribution in [1.29, 1.82) is 0 Å². The molecule has 2 saturated carbocycles. The van der Waals surface area contributed by atoms with Gasteiger partial charge in [0.05, 0.1) is 0 Å². The topological polar surface area (TPSA) is 46.3 Å². The second kappa shape index (κ2) is 5.96. The zero-order valence-electron chi connectivity index (χ0n) is 12.0. The summed E-state index contributed by atoms with van der Waals surface area (Å²) in [5.41, 5.74) is 7.07. The molecule has 0 saturated heterocycles. The Balaban J connectivity index is 1.72. The zero-order valence-corrected chi connectivity index (χ0v) is 12.0. The predicted molar refractivity (Wildman–Crippen MR) is 79.9 cm³/mol. The number of hydrogen-bond acceptors (Lipinski definition) is 2. The van der Waals surface area contributed by atoms with E-state index < -0.39 is 0 Å². The molecule has 0 heterocycles. The lowest BCUT2D eigenvalue weighted by Gasteiger charge is -2.28. The van der Waals surface area contributed by atoms with E-state index in [2.05, 4.69) is 17.0 Å². The molecule has 0 aromatic heterocycles. The largest absolute Gasteiger partial charge is 0.335 e. The third-order valence-corrected chi connectivity index (χ3v) is 4.75. The van der Waals surface area contributed by atoms with E-state index in [9.17, 15) is 4.79 Å². The molecule has 2 N–H and O–H groups in total. The highest BCUT2D eigenvalue weighted by Crippen LogP contribution is 2.36. The first-order valence-electron chi connectivity index (χ1n) is 7.84. The van der Waals surface area contributed by atoms with Crippen LogP contribution in [0.5, 0.6) is 0 Å². The van der Waals surface area contributed by atoms with E-state index in [4.69, 9.17) is 5.73 Å². The van der Waals surface area contributed by atoms with Crippen LogP contribution in [0.4, 0.5) is 0 Å². The zero-order chi connectivity index (χ0) is 13.9. The van der Waals surface area contributed by atoms with Crippen LogP contribution in [0.25, 0.3) is 0 Å². The quantitative estimate of drug-likeness (QED) is 0.895. The molecule has 0 aliphatic heterocycles. The van der Waals surface area contributed by atoms with E-state index in [1.165, 1.54) is 18.4 Å². The maximum Gasteiger partial charge on any atom is 0.226 e. The average Bonchev–Trinajstić information content (AvgIpc) is 3.21. The van der Waals surface area contributed by atoms with Crippen molar-refractivity contribution < 1.29 is 4.79 Å². The number of nitrogens with two attached hydrogens (primary N) is 1. The van der Waals surface area contributed by atoms with Crippen molar-refractivity contribution in [1.82, 2.24) is 4.90 Å². The average molecular weight is 272 g/mol. The Morgan fingerprint density at radius 2 is 1.90 bits per heavy atom. The highest BCUT2D eigenvalue weighted by atomic mass is 16.2. The molecule has 0 bridgehead atoms. The summed E-state index contributed by atoms with van der Waals surface area (Å²) in [5.74, 6) is 0.924. The molecular weight excluding hydrogens is 248 g/mol. The molecule has 1 aromatic rings. The predicted octanol–water partition coefficient (Wildman–Crippen LogP) is 2.55. The first-order chi connectivity index (χ1) is 9.79. The van der Waals surface area contributed by atoms with Crippen LogP contribution in [0.3, 0.4) is 0 Å². The maximum absolute atomic E-state index is 12.9. The minimum absolute atomic E-state index is 0.171. The summed E-state index contributed by atoms with van der Waals surface area (Å²) in [6, 6.07) is 10.8. The normalized spacial score (nSPS) is 25.6. The molecule has 2 aliphatic rings. The van der Waals surface area contributed by atoms with Crippen LogP contribution >= 0.6 is 0 Å². The first-order valence-corrected chi connectivity index (χ1v) is 7.84. The number of amides is 1. The van der Waals surface area contributed by atoms with Crippen LogP contribution in [-0.2, 0) is 11.3 Å². The van der Waals surface area contributed by atoms with Gasteiger partial charge in [-0.25, -0.2) is 0 Å². The van der Waals surface area contributed by atoms with Gasteiger partial charge in [0.25, 0.3) is 0 Å². The smallest absolute Gasteiger partial charge is 0.226 e. The Morgan fingerprint density at radius 1 is 1.15 bits per heavy atom. The maximum atomic E-state index is 12.9. The fraction of sp³-hybridized carbons (Fsp3) is 0.588. The molecule has 0 unspecified atom stereocenters. The Morgan fingerprint density at radius 3 is 2.55 bits per heavy atom. The highest BCUT2D eigenvalue weighted by molar-refractivity contribution is 5.80. The lowest BCUT2D eigenvalue weighted by atomic mass is 9.94. The van der Waals surface area contributed by atoms with E-state index in [0.717, 1.165) is 25.8 Å². The molecule has 3 nitrogen and oxygen atoms in total. The summed E-state index contributed by atoms with van der Waals surface area (Å²) in [6.07, 6.45) is 5.63. The van der Waals surface area contributed by atoms with Gasteiger partial charge in [-0.1, -0.05) is 36.8 Å². The summed E-state index contributed by atoms with van der Waals surface area (Å²) in [7, 11) is 0. The Bertz CT molecular complexity index is 455. The lowest BCUT2D eigenvalue weighted by molar-refractivity contribution is -0.137. The molecule has 0 radical (unpaired) electrons. The summed E-state index contributed by atoms with van der Waals surface area (Å²) < 4.78 is 0.